The molecule has 26 heavy (non-hydrogen) atoms. The smallest absolute Gasteiger partial charge is 0.260 e. The summed E-state index contributed by atoms with van der Waals surface area (Å²) in [5.41, 5.74) is 2.33. The van der Waals surface area contributed by atoms with E-state index in [-0.39, 0.29) is 11.6 Å². The van der Waals surface area contributed by atoms with Gasteiger partial charge in [-0.15, -0.1) is 11.3 Å². The maximum absolute atomic E-state index is 12.7. The van der Waals surface area contributed by atoms with Gasteiger partial charge in [0.2, 0.25) is 0 Å². The van der Waals surface area contributed by atoms with Crippen LogP contribution in [0.4, 0.5) is 0 Å². The second kappa shape index (κ2) is 7.14. The van der Waals surface area contributed by atoms with Crippen molar-refractivity contribution in [3.63, 3.8) is 0 Å². The van der Waals surface area contributed by atoms with Crippen LogP contribution < -0.4 is 10.9 Å². The first-order valence-electron chi connectivity index (χ1n) is 9.14. The second-order valence-electron chi connectivity index (χ2n) is 7.30. The molecule has 0 fully saturated rings. The molecule has 2 heterocycles. The third-order valence-corrected chi connectivity index (χ3v) is 6.78. The van der Waals surface area contributed by atoms with Crippen molar-refractivity contribution >= 4 is 33.2 Å². The summed E-state index contributed by atoms with van der Waals surface area (Å²) in [5, 5.41) is 3.74. The van der Waals surface area contributed by atoms with E-state index in [0.717, 1.165) is 52.4 Å². The molecule has 6 heteroatoms. The molecule has 3 aromatic rings. The summed E-state index contributed by atoms with van der Waals surface area (Å²) >= 11 is 7.94. The number of nitrogens with two attached hydrogens (primary N) is 1. The maximum atomic E-state index is 12.7. The Morgan fingerprint density at radius 1 is 1.42 bits per heavy atom. The van der Waals surface area contributed by atoms with Crippen LogP contribution >= 0.6 is 22.9 Å². The van der Waals surface area contributed by atoms with Crippen molar-refractivity contribution in [2.24, 2.45) is 5.92 Å². The highest BCUT2D eigenvalue weighted by atomic mass is 35.5. The highest BCUT2D eigenvalue weighted by Gasteiger charge is 2.24. The first-order chi connectivity index (χ1) is 12.5. The normalized spacial score (nSPS) is 18.0. The zero-order chi connectivity index (χ0) is 18.3. The Balaban J connectivity index is 1.61. The number of thiophene rings is 1. The Morgan fingerprint density at radius 3 is 3.04 bits per heavy atom. The van der Waals surface area contributed by atoms with Gasteiger partial charge in [0, 0.05) is 15.5 Å². The molecule has 2 aromatic heterocycles. The van der Waals surface area contributed by atoms with E-state index in [9.17, 15) is 4.79 Å². The van der Waals surface area contributed by atoms with Crippen LogP contribution in [0.1, 0.15) is 48.1 Å². The van der Waals surface area contributed by atoms with Crippen molar-refractivity contribution in [1.82, 2.24) is 9.97 Å². The first-order valence-corrected chi connectivity index (χ1v) is 10.3. The standard InChI is InChI=1S/C20H22ClN3OS/c1-11-7-8-14-16(9-11)26-20-17(14)19(25)23-18(24-20)12(2)22-10-13-5-3-4-6-15(13)21/h3-6,11-12,22H,7-10H2,1-2H3,(H,23,24,25)/p+1/t11-,12-/m0/s1. The third-order valence-electron chi connectivity index (χ3n) is 5.26. The van der Waals surface area contributed by atoms with Crippen molar-refractivity contribution in [3.05, 3.63) is 61.5 Å². The molecular formula is C20H23ClN3OS+. The molecule has 1 aromatic carbocycles. The van der Waals surface area contributed by atoms with Crippen LogP contribution in [-0.4, -0.2) is 9.97 Å². The Labute approximate surface area is 161 Å². The fraction of sp³-hybridized carbons (Fsp3) is 0.400. The number of nitrogens with zero attached hydrogens (tertiary/aromatic N) is 1. The van der Waals surface area contributed by atoms with Gasteiger partial charge in [-0.1, -0.05) is 36.7 Å². The molecule has 0 saturated carbocycles. The minimum absolute atomic E-state index is 0.00930. The van der Waals surface area contributed by atoms with Crippen LogP contribution in [0.3, 0.4) is 0 Å². The van der Waals surface area contributed by atoms with Gasteiger partial charge in [0.15, 0.2) is 5.82 Å². The number of rotatable bonds is 4. The van der Waals surface area contributed by atoms with Crippen LogP contribution in [-0.2, 0) is 19.4 Å². The first kappa shape index (κ1) is 17.7. The van der Waals surface area contributed by atoms with Crippen molar-refractivity contribution in [3.8, 4) is 0 Å². The summed E-state index contributed by atoms with van der Waals surface area (Å²) in [6.45, 7) is 5.10. The number of hydrogen-bond donors (Lipinski definition) is 2. The lowest BCUT2D eigenvalue weighted by atomic mass is 9.89. The van der Waals surface area contributed by atoms with Crippen molar-refractivity contribution < 1.29 is 5.32 Å². The number of nitrogens with one attached hydrogen (secondary N) is 1. The number of aromatic amines is 1. The molecule has 0 saturated heterocycles. The quantitative estimate of drug-likeness (QED) is 0.717. The molecule has 4 nitrogen and oxygen atoms in total. The number of aromatic nitrogens is 2. The lowest BCUT2D eigenvalue weighted by molar-refractivity contribution is -0.709. The van der Waals surface area contributed by atoms with E-state index in [1.807, 2.05) is 24.3 Å². The minimum atomic E-state index is 0.00930. The summed E-state index contributed by atoms with van der Waals surface area (Å²) in [6, 6.07) is 7.91. The summed E-state index contributed by atoms with van der Waals surface area (Å²) < 4.78 is 0. The SMILES string of the molecule is C[C@H]1CCc2c(sc3nc([C@H](C)[NH2+]Cc4ccccc4Cl)[nH]c(=O)c23)C1. The van der Waals surface area contributed by atoms with E-state index in [4.69, 9.17) is 16.6 Å². The maximum Gasteiger partial charge on any atom is 0.260 e. The Kier molecular flexibility index (Phi) is 4.86. The summed E-state index contributed by atoms with van der Waals surface area (Å²) in [5.74, 6) is 1.43. The van der Waals surface area contributed by atoms with Gasteiger partial charge in [-0.05, 0) is 43.7 Å². The zero-order valence-corrected chi connectivity index (χ0v) is 16.6. The average Bonchev–Trinajstić information content (AvgIpc) is 2.98. The van der Waals surface area contributed by atoms with Gasteiger partial charge < -0.3 is 10.3 Å². The van der Waals surface area contributed by atoms with Gasteiger partial charge in [-0.25, -0.2) is 4.98 Å². The van der Waals surface area contributed by atoms with E-state index >= 15 is 0 Å². The number of halogens is 1. The van der Waals surface area contributed by atoms with Gasteiger partial charge in [0.1, 0.15) is 17.4 Å². The molecule has 0 amide bonds. The van der Waals surface area contributed by atoms with Crippen molar-refractivity contribution in [2.45, 2.75) is 45.7 Å². The van der Waals surface area contributed by atoms with E-state index in [2.05, 4.69) is 24.1 Å². The van der Waals surface area contributed by atoms with E-state index in [1.54, 1.807) is 11.3 Å². The predicted octanol–water partition coefficient (Wildman–Crippen LogP) is 3.59. The van der Waals surface area contributed by atoms with Crippen LogP contribution in [0, 0.1) is 5.92 Å². The molecule has 3 N–H and O–H groups in total. The fourth-order valence-electron chi connectivity index (χ4n) is 3.66. The molecule has 1 aliphatic rings. The van der Waals surface area contributed by atoms with Crippen LogP contribution in [0.25, 0.3) is 10.2 Å². The number of quaternary nitrogens is 1. The van der Waals surface area contributed by atoms with Crippen molar-refractivity contribution in [2.75, 3.05) is 0 Å². The molecule has 0 unspecified atom stereocenters. The zero-order valence-electron chi connectivity index (χ0n) is 15.0. The number of hydrogen-bond acceptors (Lipinski definition) is 3. The van der Waals surface area contributed by atoms with Crippen molar-refractivity contribution in [1.29, 1.82) is 0 Å². The molecular weight excluding hydrogens is 366 g/mol. The van der Waals surface area contributed by atoms with Gasteiger partial charge in [-0.3, -0.25) is 4.79 Å². The summed E-state index contributed by atoms with van der Waals surface area (Å²) in [4.78, 5) is 22.8. The predicted molar refractivity (Wildman–Crippen MR) is 107 cm³/mol. The third kappa shape index (κ3) is 3.31. The molecule has 2 atom stereocenters. The van der Waals surface area contributed by atoms with E-state index in [0.29, 0.717) is 5.92 Å². The molecule has 0 aliphatic heterocycles. The monoisotopic (exact) mass is 388 g/mol. The van der Waals surface area contributed by atoms with Gasteiger partial charge in [-0.2, -0.15) is 0 Å². The second-order valence-corrected chi connectivity index (χ2v) is 8.79. The van der Waals surface area contributed by atoms with E-state index < -0.39 is 0 Å². The van der Waals surface area contributed by atoms with Gasteiger partial charge in [0.05, 0.1) is 5.39 Å². The van der Waals surface area contributed by atoms with Crippen LogP contribution in [0.5, 0.6) is 0 Å². The highest BCUT2D eigenvalue weighted by Crippen LogP contribution is 2.35. The molecule has 4 rings (SSSR count). The highest BCUT2D eigenvalue weighted by molar-refractivity contribution is 7.18. The van der Waals surface area contributed by atoms with E-state index in [1.165, 1.54) is 10.4 Å². The molecule has 0 spiro atoms. The summed E-state index contributed by atoms with van der Waals surface area (Å²) in [6.07, 6.45) is 3.22. The van der Waals surface area contributed by atoms with Gasteiger partial charge >= 0.3 is 0 Å². The Morgan fingerprint density at radius 2 is 2.23 bits per heavy atom. The molecule has 136 valence electrons. The fourth-order valence-corrected chi connectivity index (χ4v) is 5.26. The van der Waals surface area contributed by atoms with Crippen LogP contribution in [0.15, 0.2) is 29.1 Å². The lowest BCUT2D eigenvalue weighted by Crippen LogP contribution is -2.83. The lowest BCUT2D eigenvalue weighted by Gasteiger charge is -2.17. The molecule has 0 radical (unpaired) electrons. The number of fused-ring (bicyclic) bond motifs is 3. The summed E-state index contributed by atoms with van der Waals surface area (Å²) in [7, 11) is 0. The van der Waals surface area contributed by atoms with Gasteiger partial charge in [0.25, 0.3) is 5.56 Å². The number of H-pyrrole nitrogens is 1. The minimum Gasteiger partial charge on any atom is -0.334 e. The molecule has 0 bridgehead atoms. The largest absolute Gasteiger partial charge is 0.334 e. The number of benzene rings is 1. The number of aryl methyl sites for hydroxylation is 1. The van der Waals surface area contributed by atoms with Crippen LogP contribution in [0.2, 0.25) is 5.02 Å². The Hall–Kier alpha value is -1.69. The Bertz CT molecular complexity index is 1010. The topological polar surface area (TPSA) is 62.4 Å². The molecule has 1 aliphatic carbocycles. The average molecular weight is 389 g/mol.